The average molecular weight is 130 g/mol. The van der Waals surface area contributed by atoms with Crippen LogP contribution in [0.3, 0.4) is 0 Å². The zero-order chi connectivity index (χ0) is 6.65. The van der Waals surface area contributed by atoms with Crippen molar-refractivity contribution in [2.75, 3.05) is 0 Å². The van der Waals surface area contributed by atoms with E-state index in [4.69, 9.17) is 4.74 Å². The molecule has 0 amide bonds. The van der Waals surface area contributed by atoms with Gasteiger partial charge in [-0.25, -0.2) is 4.39 Å². The lowest BCUT2D eigenvalue weighted by Crippen LogP contribution is -2.30. The van der Waals surface area contributed by atoms with Crippen LogP contribution < -0.4 is 0 Å². The number of fused-ring (bicyclic) bond motifs is 1. The van der Waals surface area contributed by atoms with Gasteiger partial charge in [0, 0.05) is 6.42 Å². The van der Waals surface area contributed by atoms with E-state index in [-0.39, 0.29) is 6.10 Å². The maximum absolute atomic E-state index is 12.8. The van der Waals surface area contributed by atoms with Crippen LogP contribution in [0, 0.1) is 0 Å². The van der Waals surface area contributed by atoms with Gasteiger partial charge in [0.15, 0.2) is 0 Å². The van der Waals surface area contributed by atoms with Crippen molar-refractivity contribution >= 4 is 7.85 Å². The Hall–Kier alpha value is -0.0851. The SMILES string of the molecule is BC1O[C@@H]2C[C@]2(O)[C@H]1F. The molecule has 1 saturated carbocycles. The monoisotopic (exact) mass is 130 g/mol. The van der Waals surface area contributed by atoms with Crippen molar-refractivity contribution in [2.24, 2.45) is 0 Å². The molecule has 0 aromatic rings. The van der Waals surface area contributed by atoms with Gasteiger partial charge in [-0.1, -0.05) is 0 Å². The molecule has 1 heterocycles. The van der Waals surface area contributed by atoms with Crippen LogP contribution in [0.15, 0.2) is 0 Å². The molecule has 2 aliphatic rings. The molecule has 2 rings (SSSR count). The molecule has 0 aromatic heterocycles. The van der Waals surface area contributed by atoms with Gasteiger partial charge in [0.05, 0.1) is 12.1 Å². The highest BCUT2D eigenvalue weighted by Gasteiger charge is 2.67. The second-order valence-electron chi connectivity index (χ2n) is 2.93. The van der Waals surface area contributed by atoms with Gasteiger partial charge in [-0.05, 0) is 0 Å². The molecule has 1 saturated heterocycles. The zero-order valence-corrected chi connectivity index (χ0v) is 5.17. The predicted molar refractivity (Wildman–Crippen MR) is 31.7 cm³/mol. The lowest BCUT2D eigenvalue weighted by atomic mass is 9.93. The molecule has 0 radical (unpaired) electrons. The number of alkyl halides is 1. The molecule has 2 fully saturated rings. The minimum absolute atomic E-state index is 0.206. The van der Waals surface area contributed by atoms with E-state index in [0.29, 0.717) is 6.42 Å². The molecule has 0 bridgehead atoms. The van der Waals surface area contributed by atoms with Crippen molar-refractivity contribution in [3.8, 4) is 0 Å². The van der Waals surface area contributed by atoms with Gasteiger partial charge in [0.1, 0.15) is 19.6 Å². The van der Waals surface area contributed by atoms with Crippen molar-refractivity contribution in [1.29, 1.82) is 0 Å². The Balaban J connectivity index is 2.18. The Morgan fingerprint density at radius 3 is 2.67 bits per heavy atom. The molecular formula is C5H8BFO2. The summed E-state index contributed by atoms with van der Waals surface area (Å²) in [6, 6.07) is -0.409. The predicted octanol–water partition coefficient (Wildman–Crippen LogP) is -1.18. The second-order valence-corrected chi connectivity index (χ2v) is 2.93. The van der Waals surface area contributed by atoms with Crippen LogP contribution in [-0.4, -0.2) is 36.8 Å². The number of aliphatic hydroxyl groups is 1. The summed E-state index contributed by atoms with van der Waals surface area (Å²) in [7, 11) is 1.65. The van der Waals surface area contributed by atoms with E-state index in [1.165, 1.54) is 0 Å². The maximum atomic E-state index is 12.8. The van der Waals surface area contributed by atoms with Gasteiger partial charge < -0.3 is 9.84 Å². The molecule has 1 aliphatic carbocycles. The Morgan fingerprint density at radius 2 is 2.44 bits per heavy atom. The van der Waals surface area contributed by atoms with Gasteiger partial charge in [-0.3, -0.25) is 0 Å². The third-order valence-corrected chi connectivity index (χ3v) is 2.18. The van der Waals surface area contributed by atoms with Gasteiger partial charge in [-0.2, -0.15) is 0 Å². The first-order valence-corrected chi connectivity index (χ1v) is 3.16. The number of hydrogen-bond donors (Lipinski definition) is 1. The van der Waals surface area contributed by atoms with Crippen LogP contribution in [0.2, 0.25) is 0 Å². The summed E-state index contributed by atoms with van der Waals surface area (Å²) in [5, 5.41) is 9.21. The highest BCUT2D eigenvalue weighted by Crippen LogP contribution is 2.50. The topological polar surface area (TPSA) is 29.5 Å². The molecule has 2 nitrogen and oxygen atoms in total. The van der Waals surface area contributed by atoms with E-state index in [1.807, 2.05) is 0 Å². The minimum atomic E-state index is -1.16. The number of ether oxygens (including phenoxy) is 1. The smallest absolute Gasteiger partial charge is 0.149 e. The number of rotatable bonds is 0. The van der Waals surface area contributed by atoms with Crippen LogP contribution in [0.1, 0.15) is 6.42 Å². The van der Waals surface area contributed by atoms with E-state index in [9.17, 15) is 9.50 Å². The van der Waals surface area contributed by atoms with Crippen molar-refractivity contribution in [3.63, 3.8) is 0 Å². The summed E-state index contributed by atoms with van der Waals surface area (Å²) in [6.45, 7) is 0. The first-order valence-electron chi connectivity index (χ1n) is 3.16. The molecule has 1 N–H and O–H groups in total. The molecule has 4 atom stereocenters. The molecule has 1 unspecified atom stereocenters. The van der Waals surface area contributed by atoms with Crippen LogP contribution in [-0.2, 0) is 4.74 Å². The summed E-state index contributed by atoms with van der Waals surface area (Å²) in [4.78, 5) is 0. The quantitative estimate of drug-likeness (QED) is 0.418. The van der Waals surface area contributed by atoms with E-state index in [2.05, 4.69) is 0 Å². The highest BCUT2D eigenvalue weighted by molar-refractivity contribution is 6.11. The standard InChI is InChI=1S/C5H8BFO2/c6-4-3(7)5(8)1-2(5)9-4/h2-4,8H,1,6H2/t2-,3+,4?,5-/m1/s1. The Kier molecular flexibility index (Phi) is 0.835. The average Bonchev–Trinajstić information content (AvgIpc) is 2.36. The van der Waals surface area contributed by atoms with Crippen molar-refractivity contribution in [3.05, 3.63) is 0 Å². The molecule has 0 aromatic carbocycles. The fraction of sp³-hybridized carbons (Fsp3) is 1.00. The first-order chi connectivity index (χ1) is 4.14. The van der Waals surface area contributed by atoms with Crippen LogP contribution >= 0.6 is 0 Å². The Morgan fingerprint density at radius 1 is 1.78 bits per heavy atom. The third-order valence-electron chi connectivity index (χ3n) is 2.18. The van der Waals surface area contributed by atoms with E-state index in [0.717, 1.165) is 0 Å². The molecule has 9 heavy (non-hydrogen) atoms. The largest absolute Gasteiger partial charge is 0.384 e. The van der Waals surface area contributed by atoms with Crippen molar-refractivity contribution in [2.45, 2.75) is 30.3 Å². The van der Waals surface area contributed by atoms with E-state index >= 15 is 0 Å². The van der Waals surface area contributed by atoms with E-state index in [1.54, 1.807) is 7.85 Å². The second kappa shape index (κ2) is 1.32. The molecule has 4 heteroatoms. The summed E-state index contributed by atoms with van der Waals surface area (Å²) < 4.78 is 17.8. The Bertz CT molecular complexity index is 154. The lowest BCUT2D eigenvalue weighted by molar-refractivity contribution is 0.0621. The first kappa shape index (κ1) is 5.68. The normalized spacial score (nSPS) is 63.6. The summed E-state index contributed by atoms with van der Waals surface area (Å²) in [5.41, 5.74) is -1.10. The molecular weight excluding hydrogens is 122 g/mol. The zero-order valence-electron chi connectivity index (χ0n) is 5.17. The molecule has 50 valence electrons. The van der Waals surface area contributed by atoms with Gasteiger partial charge in [0.2, 0.25) is 0 Å². The summed E-state index contributed by atoms with van der Waals surface area (Å²) >= 11 is 0. The molecule has 1 aliphatic heterocycles. The Labute approximate surface area is 53.4 Å². The minimum Gasteiger partial charge on any atom is -0.384 e. The lowest BCUT2D eigenvalue weighted by Gasteiger charge is -2.11. The number of halogens is 1. The third kappa shape index (κ3) is 0.527. The number of hydrogen-bond acceptors (Lipinski definition) is 2. The van der Waals surface area contributed by atoms with Crippen molar-refractivity contribution < 1.29 is 14.2 Å². The van der Waals surface area contributed by atoms with Crippen LogP contribution in [0.4, 0.5) is 4.39 Å². The van der Waals surface area contributed by atoms with Gasteiger partial charge in [-0.15, -0.1) is 0 Å². The summed E-state index contributed by atoms with van der Waals surface area (Å²) in [6.07, 6.45) is -0.886. The fourth-order valence-corrected chi connectivity index (χ4v) is 1.43. The summed E-state index contributed by atoms with van der Waals surface area (Å²) in [5.74, 6) is 0. The van der Waals surface area contributed by atoms with Gasteiger partial charge >= 0.3 is 0 Å². The van der Waals surface area contributed by atoms with E-state index < -0.39 is 17.8 Å². The van der Waals surface area contributed by atoms with Crippen LogP contribution in [0.25, 0.3) is 0 Å². The van der Waals surface area contributed by atoms with Crippen molar-refractivity contribution in [1.82, 2.24) is 0 Å². The van der Waals surface area contributed by atoms with Gasteiger partial charge in [0.25, 0.3) is 0 Å². The molecule has 0 spiro atoms. The highest BCUT2D eigenvalue weighted by atomic mass is 19.1. The fourth-order valence-electron chi connectivity index (χ4n) is 1.43. The maximum Gasteiger partial charge on any atom is 0.149 e. The van der Waals surface area contributed by atoms with Crippen LogP contribution in [0.5, 0.6) is 0 Å².